The number of guanidine groups is 1. The molecule has 0 fully saturated rings. The van der Waals surface area contributed by atoms with Crippen LogP contribution in [0.25, 0.3) is 0 Å². The van der Waals surface area contributed by atoms with Crippen molar-refractivity contribution in [2.24, 2.45) is 4.99 Å². The summed E-state index contributed by atoms with van der Waals surface area (Å²) in [6, 6.07) is 21.2. The van der Waals surface area contributed by atoms with Crippen molar-refractivity contribution in [2.45, 2.75) is 10.9 Å². The first kappa shape index (κ1) is 19.9. The number of rotatable bonds is 4. The zero-order valence-electron chi connectivity index (χ0n) is 14.9. The number of hydrazine groups is 1. The average molecular weight is 492 g/mol. The molecule has 3 aromatic rings. The van der Waals surface area contributed by atoms with Crippen LogP contribution in [0.4, 0.5) is 5.69 Å². The molecule has 148 valence electrons. The van der Waals surface area contributed by atoms with Crippen molar-refractivity contribution in [1.82, 2.24) is 10.3 Å². The monoisotopic (exact) mass is 490 g/mol. The van der Waals surface area contributed by atoms with Gasteiger partial charge in [0.05, 0.1) is 4.90 Å². The number of fused-ring (bicyclic) bond motifs is 1. The van der Waals surface area contributed by atoms with Gasteiger partial charge in [-0.3, -0.25) is 5.43 Å². The highest BCUT2D eigenvalue weighted by Crippen LogP contribution is 2.36. The summed E-state index contributed by atoms with van der Waals surface area (Å²) in [5.41, 5.74) is 5.35. The zero-order chi connectivity index (χ0) is 20.4. The van der Waals surface area contributed by atoms with Gasteiger partial charge in [-0.05, 0) is 48.0 Å². The number of aliphatic imine (C=N–C) groups is 1. The summed E-state index contributed by atoms with van der Waals surface area (Å²) in [6.07, 6.45) is 0. The number of benzene rings is 3. The van der Waals surface area contributed by atoms with Crippen molar-refractivity contribution in [1.29, 1.82) is 0 Å². The maximum Gasteiger partial charge on any atom is 0.257 e. The van der Waals surface area contributed by atoms with Crippen LogP contribution in [0.2, 0.25) is 5.02 Å². The molecule has 0 radical (unpaired) electrons. The third kappa shape index (κ3) is 4.45. The van der Waals surface area contributed by atoms with Crippen LogP contribution < -0.4 is 15.6 Å². The highest BCUT2D eigenvalue weighted by atomic mass is 79.9. The normalized spacial score (nSPS) is 15.8. The minimum Gasteiger partial charge on any atom is -0.325 e. The van der Waals surface area contributed by atoms with Gasteiger partial charge >= 0.3 is 0 Å². The molecule has 0 unspecified atom stereocenters. The molecule has 1 atom stereocenters. The minimum absolute atomic E-state index is 0.136. The van der Waals surface area contributed by atoms with E-state index in [1.54, 1.807) is 18.2 Å². The number of nitrogens with zero attached hydrogens (tertiary/aromatic N) is 1. The molecule has 1 heterocycles. The lowest BCUT2D eigenvalue weighted by Crippen LogP contribution is -2.46. The molecule has 4 rings (SSSR count). The first-order valence-electron chi connectivity index (χ1n) is 8.65. The van der Waals surface area contributed by atoms with Crippen molar-refractivity contribution in [3.8, 4) is 0 Å². The second kappa shape index (κ2) is 8.16. The Kier molecular flexibility index (Phi) is 5.60. The van der Waals surface area contributed by atoms with E-state index < -0.39 is 10.0 Å². The quantitative estimate of drug-likeness (QED) is 0.471. The van der Waals surface area contributed by atoms with Crippen molar-refractivity contribution in [3.05, 3.63) is 93.4 Å². The average Bonchev–Trinajstić information content (AvgIpc) is 2.73. The Hall–Kier alpha value is -2.39. The van der Waals surface area contributed by atoms with E-state index in [0.29, 0.717) is 5.02 Å². The molecule has 0 bridgehead atoms. The van der Waals surface area contributed by atoms with Gasteiger partial charge in [-0.2, -0.15) is 0 Å². The maximum absolute atomic E-state index is 12.5. The number of sulfonamides is 1. The second-order valence-corrected chi connectivity index (χ2v) is 9.37. The summed E-state index contributed by atoms with van der Waals surface area (Å²) in [5.74, 6) is 0.286. The standard InChI is InChI=1S/C20H16BrClN4O2S/c21-14-6-9-16(10-7-14)29(27,28)26-25-20-23-18-11-8-15(22)12-17(18)19(24-20)13-4-2-1-3-5-13/h1-12,19,26H,(H2,23,24,25)/t19-/m0/s1. The van der Waals surface area contributed by atoms with Crippen molar-refractivity contribution in [2.75, 3.05) is 5.32 Å². The molecule has 0 amide bonds. The second-order valence-electron chi connectivity index (χ2n) is 6.33. The highest BCUT2D eigenvalue weighted by molar-refractivity contribution is 9.10. The third-order valence-corrected chi connectivity index (χ3v) is 6.39. The van der Waals surface area contributed by atoms with E-state index in [1.165, 1.54) is 12.1 Å². The number of halogens is 2. The van der Waals surface area contributed by atoms with Crippen molar-refractivity contribution in [3.63, 3.8) is 0 Å². The molecular formula is C20H16BrClN4O2S. The molecule has 0 aromatic heterocycles. The summed E-state index contributed by atoms with van der Waals surface area (Å²) >= 11 is 9.47. The third-order valence-electron chi connectivity index (χ3n) is 4.36. The van der Waals surface area contributed by atoms with E-state index in [2.05, 4.69) is 36.5 Å². The SMILES string of the molecule is O=S(=O)(NNC1=N[C@@H](c2ccccc2)c2cc(Cl)ccc2N1)c1ccc(Br)cc1. The predicted molar refractivity (Wildman–Crippen MR) is 118 cm³/mol. The maximum atomic E-state index is 12.5. The molecule has 0 spiro atoms. The fourth-order valence-corrected chi connectivity index (χ4v) is 4.26. The van der Waals surface area contributed by atoms with E-state index in [4.69, 9.17) is 11.6 Å². The van der Waals surface area contributed by atoms with Crippen molar-refractivity contribution < 1.29 is 8.42 Å². The van der Waals surface area contributed by atoms with Crippen LogP contribution in [0.3, 0.4) is 0 Å². The van der Waals surface area contributed by atoms with Gasteiger partial charge in [0, 0.05) is 20.7 Å². The Bertz CT molecular complexity index is 1170. The Morgan fingerprint density at radius 1 is 1.00 bits per heavy atom. The molecule has 0 aliphatic carbocycles. The Balaban J connectivity index is 1.61. The van der Waals surface area contributed by atoms with Gasteiger partial charge in [0.15, 0.2) is 0 Å². The summed E-state index contributed by atoms with van der Waals surface area (Å²) in [4.78, 5) is 7.15. The number of nitrogens with one attached hydrogen (secondary N) is 3. The van der Waals surface area contributed by atoms with E-state index in [-0.39, 0.29) is 16.9 Å². The minimum atomic E-state index is -3.77. The molecular weight excluding hydrogens is 476 g/mol. The van der Waals surface area contributed by atoms with Gasteiger partial charge in [-0.15, -0.1) is 4.83 Å². The topological polar surface area (TPSA) is 82.6 Å². The smallest absolute Gasteiger partial charge is 0.257 e. The largest absolute Gasteiger partial charge is 0.325 e. The van der Waals surface area contributed by atoms with Crippen LogP contribution in [0, 0.1) is 0 Å². The van der Waals surface area contributed by atoms with Crippen LogP contribution in [-0.4, -0.2) is 14.4 Å². The summed E-state index contributed by atoms with van der Waals surface area (Å²) < 4.78 is 25.9. The lowest BCUT2D eigenvalue weighted by atomic mass is 9.96. The lowest BCUT2D eigenvalue weighted by Gasteiger charge is -2.26. The van der Waals surface area contributed by atoms with E-state index in [9.17, 15) is 8.42 Å². The molecule has 3 N–H and O–H groups in total. The van der Waals surface area contributed by atoms with Crippen LogP contribution in [0.15, 0.2) is 87.2 Å². The molecule has 1 aliphatic rings. The molecule has 6 nitrogen and oxygen atoms in total. The first-order valence-corrected chi connectivity index (χ1v) is 11.3. The number of hydrogen-bond donors (Lipinski definition) is 3. The number of anilines is 1. The highest BCUT2D eigenvalue weighted by Gasteiger charge is 2.24. The van der Waals surface area contributed by atoms with Gasteiger partial charge in [0.25, 0.3) is 10.0 Å². The predicted octanol–water partition coefficient (Wildman–Crippen LogP) is 4.46. The molecule has 1 aliphatic heterocycles. The number of hydrogen-bond acceptors (Lipinski definition) is 5. The fourth-order valence-electron chi connectivity index (χ4n) is 2.97. The van der Waals surface area contributed by atoms with Crippen LogP contribution in [0.1, 0.15) is 17.2 Å². The van der Waals surface area contributed by atoms with Crippen molar-refractivity contribution >= 4 is 49.2 Å². The van der Waals surface area contributed by atoms with Gasteiger partial charge in [0.1, 0.15) is 6.04 Å². The molecule has 29 heavy (non-hydrogen) atoms. The van der Waals surface area contributed by atoms with E-state index >= 15 is 0 Å². The lowest BCUT2D eigenvalue weighted by molar-refractivity contribution is 0.576. The van der Waals surface area contributed by atoms with Gasteiger partial charge < -0.3 is 5.32 Å². The van der Waals surface area contributed by atoms with Gasteiger partial charge in [0.2, 0.25) is 5.96 Å². The molecule has 0 saturated carbocycles. The van der Waals surface area contributed by atoms with Crippen LogP contribution >= 0.6 is 27.5 Å². The van der Waals surface area contributed by atoms with Gasteiger partial charge in [-0.1, -0.05) is 57.9 Å². The summed E-state index contributed by atoms with van der Waals surface area (Å²) in [6.45, 7) is 0. The Morgan fingerprint density at radius 2 is 1.72 bits per heavy atom. The Labute approximate surface area is 182 Å². The summed E-state index contributed by atoms with van der Waals surface area (Å²) in [7, 11) is -3.77. The van der Waals surface area contributed by atoms with E-state index in [0.717, 1.165) is 21.3 Å². The molecule has 3 aromatic carbocycles. The van der Waals surface area contributed by atoms with E-state index in [1.807, 2.05) is 42.5 Å². The fraction of sp³-hybridized carbons (Fsp3) is 0.0500. The molecule has 9 heteroatoms. The van der Waals surface area contributed by atoms with Crippen LogP contribution in [-0.2, 0) is 10.0 Å². The summed E-state index contributed by atoms with van der Waals surface area (Å²) in [5, 5.41) is 3.71. The zero-order valence-corrected chi connectivity index (χ0v) is 18.1. The first-order chi connectivity index (χ1) is 13.9. The van der Waals surface area contributed by atoms with Gasteiger partial charge in [-0.25, -0.2) is 13.4 Å². The Morgan fingerprint density at radius 3 is 2.45 bits per heavy atom. The molecule has 0 saturated heterocycles. The van der Waals surface area contributed by atoms with Crippen LogP contribution in [0.5, 0.6) is 0 Å².